The molecular weight excluding hydrogens is 571 g/mol. The summed E-state index contributed by atoms with van der Waals surface area (Å²) < 4.78 is 0. The van der Waals surface area contributed by atoms with Gasteiger partial charge in [-0.2, -0.15) is 0 Å². The van der Waals surface area contributed by atoms with Gasteiger partial charge in [0.25, 0.3) is 0 Å². The molecule has 0 spiro atoms. The molecule has 0 atom stereocenters. The molecule has 6 aromatic rings. The van der Waals surface area contributed by atoms with E-state index >= 15 is 0 Å². The molecule has 3 heteroatoms. The van der Waals surface area contributed by atoms with Crippen molar-refractivity contribution in [3.63, 3.8) is 0 Å². The van der Waals surface area contributed by atoms with E-state index in [0.29, 0.717) is 0 Å². The average Bonchev–Trinajstić information content (AvgIpc) is 3.15. The molecule has 0 fully saturated rings. The van der Waals surface area contributed by atoms with Crippen LogP contribution in [0.5, 0.6) is 0 Å². The minimum absolute atomic E-state index is 0.962. The van der Waals surface area contributed by atoms with Gasteiger partial charge in [-0.3, -0.25) is 0 Å². The molecule has 0 amide bonds. The zero-order valence-corrected chi connectivity index (χ0v) is 27.0. The predicted octanol–water partition coefficient (Wildman–Crippen LogP) is 12.0. The molecule has 0 saturated carbocycles. The van der Waals surface area contributed by atoms with Gasteiger partial charge in [0, 0.05) is 53.9 Å². The molecule has 0 aromatic heterocycles. The van der Waals surface area contributed by atoms with Crippen molar-refractivity contribution in [2.24, 2.45) is 0 Å². The number of allylic oxidation sites excluding steroid dienone is 3. The number of hydrogen-bond acceptors (Lipinski definition) is 3. The number of nitrogens with zero attached hydrogens (tertiary/aromatic N) is 3. The molecule has 6 rings (SSSR count). The standard InChI is InChI=1S/C44H39N3/c1-5-13-38(6-2)47(43-16-11-8-12-17-43)44-32-24-37(25-33-44)36-22-30-42(31-23-36)46(4)41-28-20-35(21-29-41)34-18-26-40(27-19-34)45(3)39-14-9-7-10-15-39/h5-33H,1-2H2,3-4H3/b38-13+. The van der Waals surface area contributed by atoms with Crippen molar-refractivity contribution < 1.29 is 0 Å². The summed E-state index contributed by atoms with van der Waals surface area (Å²) in [5, 5.41) is 0. The lowest BCUT2D eigenvalue weighted by Gasteiger charge is -2.26. The largest absolute Gasteiger partial charge is 0.345 e. The first kappa shape index (κ1) is 30.9. The monoisotopic (exact) mass is 609 g/mol. The number of hydrogen-bond donors (Lipinski definition) is 0. The molecule has 0 heterocycles. The van der Waals surface area contributed by atoms with Crippen LogP contribution in [-0.2, 0) is 0 Å². The Bertz CT molecular complexity index is 1940. The summed E-state index contributed by atoms with van der Waals surface area (Å²) in [6, 6.07) is 55.6. The summed E-state index contributed by atoms with van der Waals surface area (Å²) in [4.78, 5) is 6.60. The van der Waals surface area contributed by atoms with E-state index < -0.39 is 0 Å². The van der Waals surface area contributed by atoms with Crippen molar-refractivity contribution in [1.82, 2.24) is 0 Å². The molecule has 0 aliphatic carbocycles. The van der Waals surface area contributed by atoms with Crippen LogP contribution in [-0.4, -0.2) is 14.1 Å². The Morgan fingerprint density at radius 1 is 0.404 bits per heavy atom. The second-order valence-corrected chi connectivity index (χ2v) is 11.3. The lowest BCUT2D eigenvalue weighted by atomic mass is 10.0. The van der Waals surface area contributed by atoms with Gasteiger partial charge in [-0.15, -0.1) is 0 Å². The van der Waals surface area contributed by atoms with Crippen molar-refractivity contribution in [3.05, 3.63) is 195 Å². The van der Waals surface area contributed by atoms with Gasteiger partial charge in [-0.05, 0) is 107 Å². The maximum atomic E-state index is 4.03. The Labute approximate surface area is 279 Å². The van der Waals surface area contributed by atoms with Crippen LogP contribution in [0.1, 0.15) is 0 Å². The highest BCUT2D eigenvalue weighted by Crippen LogP contribution is 2.34. The van der Waals surface area contributed by atoms with E-state index in [2.05, 4.69) is 175 Å². The number of para-hydroxylation sites is 2. The fourth-order valence-corrected chi connectivity index (χ4v) is 5.76. The molecule has 3 nitrogen and oxygen atoms in total. The average molecular weight is 610 g/mol. The van der Waals surface area contributed by atoms with Crippen LogP contribution in [0.3, 0.4) is 0 Å². The van der Waals surface area contributed by atoms with E-state index in [1.165, 1.54) is 22.4 Å². The molecule has 0 saturated heterocycles. The third kappa shape index (κ3) is 6.95. The Hall–Kier alpha value is -6.06. The Morgan fingerprint density at radius 3 is 1.04 bits per heavy atom. The molecule has 0 aliphatic rings. The van der Waals surface area contributed by atoms with Gasteiger partial charge in [-0.25, -0.2) is 0 Å². The van der Waals surface area contributed by atoms with Gasteiger partial charge in [0.1, 0.15) is 0 Å². The number of benzene rings is 6. The van der Waals surface area contributed by atoms with E-state index in [1.54, 1.807) is 6.08 Å². The lowest BCUT2D eigenvalue weighted by molar-refractivity contribution is 1.21. The fourth-order valence-electron chi connectivity index (χ4n) is 5.76. The summed E-state index contributed by atoms with van der Waals surface area (Å²) in [5.74, 6) is 0. The van der Waals surface area contributed by atoms with Crippen LogP contribution in [0.4, 0.5) is 34.1 Å². The zero-order valence-electron chi connectivity index (χ0n) is 27.0. The minimum atomic E-state index is 0.962. The molecule has 47 heavy (non-hydrogen) atoms. The molecule has 0 radical (unpaired) electrons. The van der Waals surface area contributed by atoms with E-state index in [-0.39, 0.29) is 0 Å². The van der Waals surface area contributed by atoms with E-state index in [4.69, 9.17) is 0 Å². The first-order chi connectivity index (χ1) is 23.1. The Morgan fingerprint density at radius 2 is 0.702 bits per heavy atom. The summed E-state index contributed by atoms with van der Waals surface area (Å²) in [5.41, 5.74) is 12.4. The van der Waals surface area contributed by atoms with Gasteiger partial charge < -0.3 is 14.7 Å². The maximum Gasteiger partial charge on any atom is 0.0462 e. The van der Waals surface area contributed by atoms with Crippen LogP contribution in [0.2, 0.25) is 0 Å². The second-order valence-electron chi connectivity index (χ2n) is 11.3. The molecule has 6 aromatic carbocycles. The van der Waals surface area contributed by atoms with Crippen molar-refractivity contribution >= 4 is 34.1 Å². The van der Waals surface area contributed by atoms with Gasteiger partial charge in [0.05, 0.1) is 0 Å². The second kappa shape index (κ2) is 14.4. The first-order valence-electron chi connectivity index (χ1n) is 15.8. The highest BCUT2D eigenvalue weighted by molar-refractivity contribution is 5.76. The Balaban J connectivity index is 1.14. The van der Waals surface area contributed by atoms with E-state index in [0.717, 1.165) is 39.7 Å². The van der Waals surface area contributed by atoms with Crippen LogP contribution < -0.4 is 14.7 Å². The van der Waals surface area contributed by atoms with Crippen LogP contribution in [0, 0.1) is 0 Å². The highest BCUT2D eigenvalue weighted by Gasteiger charge is 2.13. The van der Waals surface area contributed by atoms with Crippen molar-refractivity contribution in [3.8, 4) is 22.3 Å². The molecule has 0 bridgehead atoms. The third-order valence-electron chi connectivity index (χ3n) is 8.47. The molecular formula is C44H39N3. The summed E-state index contributed by atoms with van der Waals surface area (Å²) in [6.45, 7) is 7.92. The molecule has 0 unspecified atom stereocenters. The predicted molar refractivity (Wildman–Crippen MR) is 203 cm³/mol. The molecule has 0 aliphatic heterocycles. The highest BCUT2D eigenvalue weighted by atomic mass is 15.1. The van der Waals surface area contributed by atoms with Crippen molar-refractivity contribution in [1.29, 1.82) is 0 Å². The van der Waals surface area contributed by atoms with E-state index in [1.807, 2.05) is 36.4 Å². The molecule has 230 valence electrons. The van der Waals surface area contributed by atoms with Gasteiger partial charge in [0.15, 0.2) is 0 Å². The lowest BCUT2D eigenvalue weighted by Crippen LogP contribution is -2.14. The Kier molecular flexibility index (Phi) is 9.45. The number of anilines is 6. The van der Waals surface area contributed by atoms with Crippen molar-refractivity contribution in [2.45, 2.75) is 0 Å². The topological polar surface area (TPSA) is 9.72 Å². The van der Waals surface area contributed by atoms with Crippen LogP contribution in [0.25, 0.3) is 22.3 Å². The maximum absolute atomic E-state index is 4.03. The summed E-state index contributed by atoms with van der Waals surface area (Å²) >= 11 is 0. The molecule has 0 N–H and O–H groups in total. The summed E-state index contributed by atoms with van der Waals surface area (Å²) in [6.07, 6.45) is 5.62. The fraction of sp³-hybridized carbons (Fsp3) is 0.0455. The van der Waals surface area contributed by atoms with E-state index in [9.17, 15) is 0 Å². The first-order valence-corrected chi connectivity index (χ1v) is 15.8. The van der Waals surface area contributed by atoms with Gasteiger partial charge in [-0.1, -0.05) is 104 Å². The van der Waals surface area contributed by atoms with Gasteiger partial charge in [0.2, 0.25) is 0 Å². The smallest absolute Gasteiger partial charge is 0.0462 e. The third-order valence-corrected chi connectivity index (χ3v) is 8.47. The van der Waals surface area contributed by atoms with Crippen molar-refractivity contribution in [2.75, 3.05) is 28.8 Å². The SMILES string of the molecule is C=C/C=C(\C=C)N(c1ccccc1)c1ccc(-c2ccc(N(C)c3ccc(-c4ccc(N(C)c5ccccc5)cc4)cc3)cc2)cc1. The normalized spacial score (nSPS) is 11.1. The number of rotatable bonds is 11. The minimum Gasteiger partial charge on any atom is -0.345 e. The van der Waals surface area contributed by atoms with Crippen LogP contribution in [0.15, 0.2) is 195 Å². The quantitative estimate of drug-likeness (QED) is 0.135. The summed E-state index contributed by atoms with van der Waals surface area (Å²) in [7, 11) is 4.21. The van der Waals surface area contributed by atoms with Gasteiger partial charge >= 0.3 is 0 Å². The zero-order chi connectivity index (χ0) is 32.6. The van der Waals surface area contributed by atoms with Crippen LogP contribution >= 0.6 is 0 Å².